The Hall–Kier alpha value is -6.16. The van der Waals surface area contributed by atoms with Crippen LogP contribution in [0, 0.1) is 11.8 Å². The van der Waals surface area contributed by atoms with Crippen molar-refractivity contribution in [2.24, 2.45) is 11.8 Å². The number of esters is 1. The quantitative estimate of drug-likeness (QED) is 0.0459. The summed E-state index contributed by atoms with van der Waals surface area (Å²) < 4.78 is 48.3. The Morgan fingerprint density at radius 2 is 1.24 bits per heavy atom. The maximum absolute atomic E-state index is 13.9. The highest BCUT2D eigenvalue weighted by molar-refractivity contribution is 5.77. The Balaban J connectivity index is 1.17. The minimum atomic E-state index is -1.25. The van der Waals surface area contributed by atoms with Gasteiger partial charge in [0.2, 0.25) is 11.8 Å². The van der Waals surface area contributed by atoms with Gasteiger partial charge in [-0.15, -0.1) is 0 Å². The molecule has 2 heterocycles. The summed E-state index contributed by atoms with van der Waals surface area (Å²) in [6.07, 6.45) is -1.23. The molecule has 3 N–H and O–H groups in total. The summed E-state index contributed by atoms with van der Waals surface area (Å²) in [7, 11) is 3.13. The maximum Gasteiger partial charge on any atom is 0.336 e. The van der Waals surface area contributed by atoms with Crippen molar-refractivity contribution >= 4 is 17.8 Å². The van der Waals surface area contributed by atoms with Crippen molar-refractivity contribution in [3.05, 3.63) is 127 Å². The van der Waals surface area contributed by atoms with Gasteiger partial charge in [0, 0.05) is 26.9 Å². The van der Waals surface area contributed by atoms with Crippen molar-refractivity contribution in [1.82, 2.24) is 24.3 Å². The molecule has 1 saturated heterocycles. The largest absolute Gasteiger partial charge is 0.497 e. The van der Waals surface area contributed by atoms with Crippen molar-refractivity contribution in [1.29, 1.82) is 0 Å². The summed E-state index contributed by atoms with van der Waals surface area (Å²) in [6, 6.07) is 23.7. The molecular formula is C48H63N5O15. The predicted octanol–water partition coefficient (Wildman–Crippen LogP) is 1.42. The highest BCUT2D eigenvalue weighted by atomic mass is 16.7. The number of aliphatic hydroxyl groups excluding tert-OH is 1. The lowest BCUT2D eigenvalue weighted by molar-refractivity contribution is -0.247. The number of hydrogen-bond donors (Lipinski definition) is 3. The standard InChI is InChI=1S/C48H63N5O15/c1-32-33(2)43(50-34(3)55)44(68-41(32)30-66-35(4)56)65-29-28-63-26-27-64-31-42(57)49-20-21-51-45(58)52(22-24-54)47(60)53(46(51)59)23-25-67-48(36-10-8-7-9-11-36,37-12-16-39(61-5)17-13-37)38-14-18-40(62-6)19-15-38/h7-19,32-33,41,43-44,54H,20-31H2,1-6H3,(H,49,57)(H,50,55). The third kappa shape index (κ3) is 13.5. The smallest absolute Gasteiger partial charge is 0.336 e. The Morgan fingerprint density at radius 3 is 1.79 bits per heavy atom. The second-order valence-corrected chi connectivity index (χ2v) is 16.1. The molecule has 0 radical (unpaired) electrons. The van der Waals surface area contributed by atoms with E-state index in [0.717, 1.165) is 30.4 Å². The molecule has 68 heavy (non-hydrogen) atoms. The van der Waals surface area contributed by atoms with Crippen LogP contribution < -0.4 is 37.2 Å². The summed E-state index contributed by atoms with van der Waals surface area (Å²) in [4.78, 5) is 76.9. The van der Waals surface area contributed by atoms with Crippen LogP contribution in [-0.4, -0.2) is 129 Å². The van der Waals surface area contributed by atoms with E-state index < -0.39 is 59.6 Å². The zero-order valence-corrected chi connectivity index (χ0v) is 39.4. The Bertz CT molecular complexity index is 2370. The first-order chi connectivity index (χ1) is 32.7. The molecule has 1 aliphatic heterocycles. The third-order valence-electron chi connectivity index (χ3n) is 11.7. The number of amides is 2. The van der Waals surface area contributed by atoms with Gasteiger partial charge in [-0.2, -0.15) is 0 Å². The van der Waals surface area contributed by atoms with Crippen LogP contribution in [0.5, 0.6) is 11.5 Å². The van der Waals surface area contributed by atoms with Gasteiger partial charge in [-0.3, -0.25) is 14.4 Å². The Labute approximate surface area is 394 Å². The van der Waals surface area contributed by atoms with Crippen LogP contribution in [0.15, 0.2) is 93.2 Å². The van der Waals surface area contributed by atoms with E-state index in [-0.39, 0.29) is 90.2 Å². The molecule has 4 aromatic rings. The van der Waals surface area contributed by atoms with Crippen molar-refractivity contribution in [2.75, 3.05) is 73.6 Å². The fourth-order valence-electron chi connectivity index (χ4n) is 7.95. The number of hydrogen-bond acceptors (Lipinski definition) is 15. The molecule has 1 fully saturated rings. The molecule has 2 amide bonds. The SMILES string of the molecule is COc1ccc(C(OCCn2c(=O)n(CCO)c(=O)n(CCNC(=O)COCCOCCOC3OC(COC(C)=O)C(C)C(C)C3NC(C)=O)c2=O)(c2ccccc2)c2ccc(OC)cc2)cc1. The average molecular weight is 950 g/mol. The topological polar surface area (TPSA) is 235 Å². The van der Waals surface area contributed by atoms with Crippen molar-refractivity contribution in [2.45, 2.75) is 71.4 Å². The van der Waals surface area contributed by atoms with E-state index in [4.69, 9.17) is 37.9 Å². The van der Waals surface area contributed by atoms with Crippen LogP contribution in [0.4, 0.5) is 0 Å². The Kier molecular flexibility index (Phi) is 20.1. The van der Waals surface area contributed by atoms with E-state index in [9.17, 15) is 33.9 Å². The molecule has 0 spiro atoms. The number of benzene rings is 3. The fraction of sp³-hybridized carbons (Fsp3) is 0.500. The van der Waals surface area contributed by atoms with E-state index in [1.165, 1.54) is 13.8 Å². The molecule has 0 aliphatic carbocycles. The molecule has 20 nitrogen and oxygen atoms in total. The maximum atomic E-state index is 13.9. The van der Waals surface area contributed by atoms with Gasteiger partial charge in [0.15, 0.2) is 6.29 Å². The third-order valence-corrected chi connectivity index (χ3v) is 11.7. The predicted molar refractivity (Wildman–Crippen MR) is 246 cm³/mol. The van der Waals surface area contributed by atoms with Gasteiger partial charge in [0.1, 0.15) is 30.3 Å². The van der Waals surface area contributed by atoms with Crippen LogP contribution in [0.1, 0.15) is 44.4 Å². The Morgan fingerprint density at radius 1 is 0.691 bits per heavy atom. The summed E-state index contributed by atoms with van der Waals surface area (Å²) in [5.74, 6) is -0.0202. The molecule has 5 unspecified atom stereocenters. The first-order valence-electron chi connectivity index (χ1n) is 22.4. The molecule has 0 saturated carbocycles. The highest BCUT2D eigenvalue weighted by Crippen LogP contribution is 2.41. The number of methoxy groups -OCH3 is 2. The summed E-state index contributed by atoms with van der Waals surface area (Å²) in [5, 5.41) is 15.3. The monoisotopic (exact) mass is 949 g/mol. The molecule has 0 bridgehead atoms. The van der Waals surface area contributed by atoms with Crippen molar-refractivity contribution < 1.29 is 57.4 Å². The van der Waals surface area contributed by atoms with Gasteiger partial charge in [-0.1, -0.05) is 68.4 Å². The van der Waals surface area contributed by atoms with Crippen molar-refractivity contribution in [3.63, 3.8) is 0 Å². The normalized spacial score (nSPS) is 18.1. The number of aliphatic hydroxyl groups is 1. The average Bonchev–Trinajstić information content (AvgIpc) is 3.34. The van der Waals surface area contributed by atoms with Crippen LogP contribution in [0.3, 0.4) is 0 Å². The number of nitrogens with one attached hydrogen (secondary N) is 2. The fourth-order valence-corrected chi connectivity index (χ4v) is 7.95. The minimum absolute atomic E-state index is 0.0348. The molecule has 20 heteroatoms. The van der Waals surface area contributed by atoms with Gasteiger partial charge >= 0.3 is 23.0 Å². The van der Waals surface area contributed by atoms with Gasteiger partial charge in [-0.05, 0) is 52.8 Å². The van der Waals surface area contributed by atoms with Crippen LogP contribution in [0.2, 0.25) is 0 Å². The number of nitrogens with zero attached hydrogens (tertiary/aromatic N) is 3. The first-order valence-corrected chi connectivity index (χ1v) is 22.4. The van der Waals surface area contributed by atoms with Crippen LogP contribution >= 0.6 is 0 Å². The molecule has 1 aromatic heterocycles. The number of carbonyl (C=O) groups excluding carboxylic acids is 3. The lowest BCUT2D eigenvalue weighted by Crippen LogP contribution is -2.58. The summed E-state index contributed by atoms with van der Waals surface area (Å²) >= 11 is 0. The van der Waals surface area contributed by atoms with E-state index in [0.29, 0.717) is 11.5 Å². The first kappa shape index (κ1) is 52.8. The summed E-state index contributed by atoms with van der Waals surface area (Å²) in [5.41, 5.74) is -1.84. The second-order valence-electron chi connectivity index (χ2n) is 16.1. The zero-order chi connectivity index (χ0) is 49.2. The number of ether oxygens (including phenoxy) is 8. The minimum Gasteiger partial charge on any atom is -0.497 e. The second kappa shape index (κ2) is 25.8. The lowest BCUT2D eigenvalue weighted by Gasteiger charge is -2.44. The number of carbonyl (C=O) groups is 3. The molecular weight excluding hydrogens is 887 g/mol. The van der Waals surface area contributed by atoms with E-state index in [1.807, 2.05) is 68.4 Å². The molecule has 370 valence electrons. The van der Waals surface area contributed by atoms with Gasteiger partial charge in [-0.25, -0.2) is 28.1 Å². The van der Waals surface area contributed by atoms with E-state index >= 15 is 0 Å². The molecule has 5 rings (SSSR count). The molecule has 3 aromatic carbocycles. The number of aromatic nitrogens is 3. The number of rotatable bonds is 26. The molecule has 5 atom stereocenters. The summed E-state index contributed by atoms with van der Waals surface area (Å²) in [6.45, 7) is 4.97. The van der Waals surface area contributed by atoms with Crippen LogP contribution in [-0.2, 0) is 68.0 Å². The van der Waals surface area contributed by atoms with Gasteiger partial charge < -0.3 is 53.6 Å². The lowest BCUT2D eigenvalue weighted by atomic mass is 9.80. The molecule has 1 aliphatic rings. The van der Waals surface area contributed by atoms with E-state index in [1.54, 1.807) is 38.5 Å². The van der Waals surface area contributed by atoms with Crippen molar-refractivity contribution in [3.8, 4) is 11.5 Å². The highest BCUT2D eigenvalue weighted by Gasteiger charge is 2.43. The zero-order valence-electron chi connectivity index (χ0n) is 39.4. The van der Waals surface area contributed by atoms with Gasteiger partial charge in [0.05, 0.1) is 79.1 Å². The van der Waals surface area contributed by atoms with E-state index in [2.05, 4.69) is 10.6 Å². The van der Waals surface area contributed by atoms with Gasteiger partial charge in [0.25, 0.3) is 0 Å². The van der Waals surface area contributed by atoms with Crippen LogP contribution in [0.25, 0.3) is 0 Å².